The zero-order valence-electron chi connectivity index (χ0n) is 21.1. The van der Waals surface area contributed by atoms with Gasteiger partial charge in [0.2, 0.25) is 12.0 Å². The third kappa shape index (κ3) is 5.54. The molecule has 0 unspecified atom stereocenters. The van der Waals surface area contributed by atoms with Gasteiger partial charge < -0.3 is 70.0 Å². The first-order chi connectivity index (χ1) is 19.5. The SMILES string of the molecule is OC[C@H]1O[C@@H](Oc2cc3c(O)cc(O)cc3[o+]c2-c2ccc(O)c(O)c2)[C@H](O[C@@H]2OC[C@H](O)[C@H](O)[C@H]2O)[C@@H](O)[C@H]1O. The Morgan fingerprint density at radius 3 is 2.27 bits per heavy atom. The number of benzene rings is 2. The van der Waals surface area contributed by atoms with Crippen LogP contribution in [0.1, 0.15) is 0 Å². The number of aromatic hydroxyl groups is 4. The molecule has 5 rings (SSSR count). The van der Waals surface area contributed by atoms with Crippen LogP contribution in [0, 0.1) is 0 Å². The molecule has 2 fully saturated rings. The molecule has 15 heteroatoms. The Morgan fingerprint density at radius 2 is 1.56 bits per heavy atom. The number of hydrogen-bond donors (Lipinski definition) is 10. The molecule has 1 aromatic heterocycles. The average Bonchev–Trinajstić information content (AvgIpc) is 2.94. The van der Waals surface area contributed by atoms with Crippen molar-refractivity contribution in [3.8, 4) is 40.1 Å². The normalized spacial score (nSPS) is 32.2. The van der Waals surface area contributed by atoms with Gasteiger partial charge in [-0.05, 0) is 12.1 Å². The van der Waals surface area contributed by atoms with Gasteiger partial charge >= 0.3 is 11.3 Å². The maximum Gasteiger partial charge on any atom is 0.402 e. The molecule has 0 saturated carbocycles. The molecule has 9 atom stereocenters. The molecule has 0 radical (unpaired) electrons. The van der Waals surface area contributed by atoms with E-state index in [0.29, 0.717) is 0 Å². The van der Waals surface area contributed by atoms with Gasteiger partial charge in [0.25, 0.3) is 0 Å². The molecule has 2 aromatic carbocycles. The van der Waals surface area contributed by atoms with E-state index in [2.05, 4.69) is 0 Å². The molecular formula is C26H29O15+. The third-order valence-corrected chi connectivity index (χ3v) is 6.87. The molecule has 41 heavy (non-hydrogen) atoms. The number of ether oxygens (including phenoxy) is 4. The summed E-state index contributed by atoms with van der Waals surface area (Å²) in [5, 5.41) is 101. The lowest BCUT2D eigenvalue weighted by Gasteiger charge is -2.44. The van der Waals surface area contributed by atoms with E-state index in [1.54, 1.807) is 0 Å². The van der Waals surface area contributed by atoms with Crippen molar-refractivity contribution in [3.05, 3.63) is 36.4 Å². The molecular weight excluding hydrogens is 552 g/mol. The minimum absolute atomic E-state index is 0.00950. The van der Waals surface area contributed by atoms with Gasteiger partial charge in [-0.3, -0.25) is 0 Å². The Bertz CT molecular complexity index is 1400. The monoisotopic (exact) mass is 581 g/mol. The number of phenolic OH excluding ortho intramolecular Hbond substituents is 4. The first-order valence-electron chi connectivity index (χ1n) is 12.4. The van der Waals surface area contributed by atoms with Crippen molar-refractivity contribution < 1.29 is 74.4 Å². The molecule has 0 bridgehead atoms. The van der Waals surface area contributed by atoms with Gasteiger partial charge in [-0.15, -0.1) is 0 Å². The number of fused-ring (bicyclic) bond motifs is 1. The summed E-state index contributed by atoms with van der Waals surface area (Å²) in [4.78, 5) is 0. The van der Waals surface area contributed by atoms with Gasteiger partial charge in [-0.2, -0.15) is 0 Å². The largest absolute Gasteiger partial charge is 0.507 e. The third-order valence-electron chi connectivity index (χ3n) is 6.87. The fourth-order valence-electron chi connectivity index (χ4n) is 4.61. The Hall–Kier alpha value is -3.51. The highest BCUT2D eigenvalue weighted by molar-refractivity contribution is 5.88. The zero-order valence-corrected chi connectivity index (χ0v) is 21.1. The summed E-state index contributed by atoms with van der Waals surface area (Å²) < 4.78 is 28.5. The zero-order chi connectivity index (χ0) is 29.6. The Kier molecular flexibility index (Phi) is 8.06. The van der Waals surface area contributed by atoms with Gasteiger partial charge in [0.1, 0.15) is 53.5 Å². The van der Waals surface area contributed by atoms with E-state index in [0.717, 1.165) is 12.1 Å². The molecule has 0 amide bonds. The van der Waals surface area contributed by atoms with Gasteiger partial charge in [-0.1, -0.05) is 0 Å². The predicted octanol–water partition coefficient (Wildman–Crippen LogP) is -1.15. The summed E-state index contributed by atoms with van der Waals surface area (Å²) in [5.74, 6) is -1.98. The van der Waals surface area contributed by atoms with Crippen LogP contribution in [0.3, 0.4) is 0 Å². The molecule has 10 N–H and O–H groups in total. The quantitative estimate of drug-likeness (QED) is 0.122. The van der Waals surface area contributed by atoms with Gasteiger partial charge in [0.05, 0.1) is 24.8 Å². The van der Waals surface area contributed by atoms with Crippen LogP contribution in [0.2, 0.25) is 0 Å². The van der Waals surface area contributed by atoms with E-state index >= 15 is 0 Å². The number of rotatable bonds is 6. The standard InChI is InChI=1S/C26H28O15/c27-7-18-20(34)21(35)24(41-25-22(36)19(33)15(32)8-37-25)26(40-18)39-17-6-11-13(30)4-10(28)5-16(11)38-23(17)9-1-2-12(29)14(31)3-9/h1-6,15,18-22,24-27,32-36H,7-8H2,(H3-,28,29,30,31)/p+1/t15-,18+,19-,20-,21-,22+,24+,25-,26+/m0/s1. The maximum absolute atomic E-state index is 10.9. The van der Waals surface area contributed by atoms with Gasteiger partial charge in [0.15, 0.2) is 23.9 Å². The lowest BCUT2D eigenvalue weighted by molar-refractivity contribution is -0.344. The predicted molar refractivity (Wildman–Crippen MR) is 134 cm³/mol. The van der Waals surface area contributed by atoms with Crippen LogP contribution in [0.5, 0.6) is 28.7 Å². The highest BCUT2D eigenvalue weighted by atomic mass is 16.8. The molecule has 3 aromatic rings. The fourth-order valence-corrected chi connectivity index (χ4v) is 4.61. The first-order valence-corrected chi connectivity index (χ1v) is 12.4. The van der Waals surface area contributed by atoms with Crippen molar-refractivity contribution in [1.29, 1.82) is 0 Å². The topological polar surface area (TPSA) is 251 Å². The van der Waals surface area contributed by atoms with Gasteiger partial charge in [-0.25, -0.2) is 4.42 Å². The second-order valence-electron chi connectivity index (χ2n) is 9.70. The highest BCUT2D eigenvalue weighted by Crippen LogP contribution is 2.42. The van der Waals surface area contributed by atoms with Crippen molar-refractivity contribution in [1.82, 2.24) is 0 Å². The van der Waals surface area contributed by atoms with Crippen molar-refractivity contribution >= 4 is 11.0 Å². The van der Waals surface area contributed by atoms with E-state index < -0.39 is 85.8 Å². The van der Waals surface area contributed by atoms with E-state index in [1.165, 1.54) is 24.3 Å². The smallest absolute Gasteiger partial charge is 0.402 e. The van der Waals surface area contributed by atoms with Crippen molar-refractivity contribution in [2.45, 2.75) is 55.3 Å². The summed E-state index contributed by atoms with van der Waals surface area (Å²) in [6.45, 7) is -1.18. The van der Waals surface area contributed by atoms with Crippen LogP contribution < -0.4 is 4.74 Å². The van der Waals surface area contributed by atoms with E-state index in [9.17, 15) is 51.1 Å². The first kappa shape index (κ1) is 29.0. The molecule has 222 valence electrons. The summed E-state index contributed by atoms with van der Waals surface area (Å²) in [7, 11) is 0. The maximum atomic E-state index is 10.9. The second kappa shape index (κ2) is 11.4. The molecule has 15 nitrogen and oxygen atoms in total. The summed E-state index contributed by atoms with van der Waals surface area (Å²) >= 11 is 0. The molecule has 3 heterocycles. The lowest BCUT2D eigenvalue weighted by Crippen LogP contribution is -2.63. The van der Waals surface area contributed by atoms with Crippen LogP contribution in [0.25, 0.3) is 22.3 Å². The van der Waals surface area contributed by atoms with E-state index in [4.69, 9.17) is 23.4 Å². The van der Waals surface area contributed by atoms with Crippen LogP contribution >= 0.6 is 0 Å². The van der Waals surface area contributed by atoms with Crippen molar-refractivity contribution in [2.75, 3.05) is 13.2 Å². The van der Waals surface area contributed by atoms with Crippen molar-refractivity contribution in [3.63, 3.8) is 0 Å². The number of phenols is 4. The van der Waals surface area contributed by atoms with Crippen LogP contribution in [-0.2, 0) is 14.2 Å². The summed E-state index contributed by atoms with van der Waals surface area (Å²) in [5.41, 5.74) is 0.139. The fraction of sp³-hybridized carbons (Fsp3) is 0.423. The minimum Gasteiger partial charge on any atom is -0.507 e. The second-order valence-corrected chi connectivity index (χ2v) is 9.70. The Balaban J connectivity index is 1.57. The average molecular weight is 582 g/mol. The highest BCUT2D eigenvalue weighted by Gasteiger charge is 2.50. The summed E-state index contributed by atoms with van der Waals surface area (Å²) in [6.07, 6.45) is -14.6. The lowest BCUT2D eigenvalue weighted by atomic mass is 9.98. The van der Waals surface area contributed by atoms with Crippen LogP contribution in [-0.4, -0.2) is 120 Å². The Morgan fingerprint density at radius 1 is 0.805 bits per heavy atom. The molecule has 2 aliphatic heterocycles. The van der Waals surface area contributed by atoms with E-state index in [1.807, 2.05) is 0 Å². The minimum atomic E-state index is -1.80. The van der Waals surface area contributed by atoms with Crippen LogP contribution in [0.4, 0.5) is 0 Å². The van der Waals surface area contributed by atoms with Crippen LogP contribution in [0.15, 0.2) is 40.8 Å². The Labute approximate surface area is 230 Å². The molecule has 0 aliphatic carbocycles. The molecule has 2 aliphatic rings. The molecule has 2 saturated heterocycles. The number of hydrogen-bond acceptors (Lipinski definition) is 14. The molecule has 0 spiro atoms. The van der Waals surface area contributed by atoms with Gasteiger partial charge in [0, 0.05) is 18.2 Å². The van der Waals surface area contributed by atoms with Crippen molar-refractivity contribution in [2.24, 2.45) is 0 Å². The number of aliphatic hydroxyl groups excluding tert-OH is 6. The summed E-state index contributed by atoms with van der Waals surface area (Å²) in [6, 6.07) is 7.19. The van der Waals surface area contributed by atoms with E-state index in [-0.39, 0.29) is 33.8 Å². The number of aliphatic hydroxyl groups is 6.